The van der Waals surface area contributed by atoms with Crippen LogP contribution < -0.4 is 10.6 Å². The zero-order chi connectivity index (χ0) is 15.5. The number of piperidine rings is 1. The minimum Gasteiger partial charge on any atom is -0.377 e. The van der Waals surface area contributed by atoms with Crippen LogP contribution in [0.1, 0.15) is 44.2 Å². The minimum absolute atomic E-state index is 0.0199. The number of nitrogens with zero attached hydrogens (tertiary/aromatic N) is 1. The smallest absolute Gasteiger partial charge is 0.0825 e. The van der Waals surface area contributed by atoms with E-state index in [1.54, 1.807) is 0 Å². The molecule has 0 amide bonds. The molecule has 1 fully saturated rings. The van der Waals surface area contributed by atoms with Crippen LogP contribution in [-0.4, -0.2) is 31.8 Å². The van der Waals surface area contributed by atoms with Gasteiger partial charge in [-0.05, 0) is 56.7 Å². The Morgan fingerprint density at radius 3 is 2.81 bits per heavy atom. The van der Waals surface area contributed by atoms with Crippen LogP contribution in [0.4, 0.5) is 5.69 Å². The number of rotatable bonds is 5. The van der Waals surface area contributed by atoms with Crippen molar-refractivity contribution in [1.29, 1.82) is 0 Å². The van der Waals surface area contributed by atoms with Gasteiger partial charge >= 0.3 is 0 Å². The third-order valence-corrected chi connectivity index (χ3v) is 4.78. The molecule has 2 atom stereocenters. The van der Waals surface area contributed by atoms with E-state index in [1.165, 1.54) is 23.2 Å². The predicted molar refractivity (Wildman–Crippen MR) is 90.0 cm³/mol. The minimum atomic E-state index is -0.0199. The molecule has 1 saturated heterocycles. The third-order valence-electron chi connectivity index (χ3n) is 4.78. The Bertz CT molecular complexity index is 474. The van der Waals surface area contributed by atoms with Crippen molar-refractivity contribution < 1.29 is 4.74 Å². The predicted octanol–water partition coefficient (Wildman–Crippen LogP) is 3.28. The van der Waals surface area contributed by atoms with Crippen molar-refractivity contribution in [2.45, 2.75) is 58.1 Å². The van der Waals surface area contributed by atoms with E-state index in [4.69, 9.17) is 10.5 Å². The lowest BCUT2D eigenvalue weighted by molar-refractivity contribution is -0.00467. The normalized spacial score (nSPS) is 24.1. The molecule has 1 aliphatic heterocycles. The highest BCUT2D eigenvalue weighted by Crippen LogP contribution is 2.30. The molecule has 2 N–H and O–H groups in total. The first-order chi connectivity index (χ1) is 9.97. The van der Waals surface area contributed by atoms with Crippen LogP contribution in [0.3, 0.4) is 0 Å². The fourth-order valence-corrected chi connectivity index (χ4v) is 3.22. The van der Waals surface area contributed by atoms with Gasteiger partial charge in [0.05, 0.1) is 5.60 Å². The first-order valence-electron chi connectivity index (χ1n) is 8.12. The summed E-state index contributed by atoms with van der Waals surface area (Å²) in [6, 6.07) is 7.05. The lowest BCUT2D eigenvalue weighted by Gasteiger charge is -2.41. The Morgan fingerprint density at radius 1 is 1.43 bits per heavy atom. The summed E-state index contributed by atoms with van der Waals surface area (Å²) >= 11 is 0. The number of nitrogens with two attached hydrogens (primary N) is 1. The van der Waals surface area contributed by atoms with Gasteiger partial charge in [0.25, 0.3) is 0 Å². The monoisotopic (exact) mass is 290 g/mol. The van der Waals surface area contributed by atoms with E-state index >= 15 is 0 Å². The van der Waals surface area contributed by atoms with Gasteiger partial charge in [-0.3, -0.25) is 0 Å². The van der Waals surface area contributed by atoms with Gasteiger partial charge in [-0.2, -0.15) is 0 Å². The molecule has 3 nitrogen and oxygen atoms in total. The highest BCUT2D eigenvalue weighted by Gasteiger charge is 2.31. The Balaban J connectivity index is 2.13. The molecular weight excluding hydrogens is 260 g/mol. The van der Waals surface area contributed by atoms with Crippen molar-refractivity contribution in [2.75, 3.05) is 25.1 Å². The van der Waals surface area contributed by atoms with Crippen LogP contribution in [0.15, 0.2) is 18.2 Å². The van der Waals surface area contributed by atoms with Crippen LogP contribution in [0, 0.1) is 6.92 Å². The molecule has 3 heteroatoms. The summed E-state index contributed by atoms with van der Waals surface area (Å²) in [6.07, 6.45) is 4.32. The molecule has 21 heavy (non-hydrogen) atoms. The molecule has 1 heterocycles. The number of hydrogen-bond donors (Lipinski definition) is 1. The van der Waals surface area contributed by atoms with E-state index < -0.39 is 0 Å². The maximum atomic E-state index is 6.06. The van der Waals surface area contributed by atoms with E-state index in [2.05, 4.69) is 43.9 Å². The molecule has 0 bridgehead atoms. The number of methoxy groups -OCH3 is 1. The SMILES string of the molecule is CCC(N)Cc1ccc(N2CCCC(C)(OC)C2)c(C)c1. The van der Waals surface area contributed by atoms with Crippen molar-refractivity contribution in [3.05, 3.63) is 29.3 Å². The topological polar surface area (TPSA) is 38.5 Å². The van der Waals surface area contributed by atoms with Crippen molar-refractivity contribution in [1.82, 2.24) is 0 Å². The van der Waals surface area contributed by atoms with Gasteiger partial charge < -0.3 is 15.4 Å². The second kappa shape index (κ2) is 6.80. The van der Waals surface area contributed by atoms with Crippen molar-refractivity contribution in [3.8, 4) is 0 Å². The average Bonchev–Trinajstić information content (AvgIpc) is 2.47. The summed E-state index contributed by atoms with van der Waals surface area (Å²) < 4.78 is 5.70. The zero-order valence-corrected chi connectivity index (χ0v) is 14.0. The van der Waals surface area contributed by atoms with E-state index in [0.29, 0.717) is 0 Å². The van der Waals surface area contributed by atoms with Crippen molar-refractivity contribution in [2.24, 2.45) is 5.73 Å². The molecule has 1 aromatic rings. The highest BCUT2D eigenvalue weighted by atomic mass is 16.5. The molecule has 1 aromatic carbocycles. The fourth-order valence-electron chi connectivity index (χ4n) is 3.22. The largest absolute Gasteiger partial charge is 0.377 e. The third kappa shape index (κ3) is 3.98. The van der Waals surface area contributed by atoms with Gasteiger partial charge in [0.15, 0.2) is 0 Å². The van der Waals surface area contributed by atoms with Gasteiger partial charge in [-0.1, -0.05) is 19.1 Å². The Morgan fingerprint density at radius 2 is 2.19 bits per heavy atom. The van der Waals surface area contributed by atoms with Crippen molar-refractivity contribution in [3.63, 3.8) is 0 Å². The van der Waals surface area contributed by atoms with E-state index in [-0.39, 0.29) is 11.6 Å². The number of anilines is 1. The second-order valence-corrected chi connectivity index (χ2v) is 6.67. The maximum Gasteiger partial charge on any atom is 0.0825 e. The molecular formula is C18H30N2O. The molecule has 0 radical (unpaired) electrons. The summed E-state index contributed by atoms with van der Waals surface area (Å²) in [5.41, 5.74) is 10.1. The van der Waals surface area contributed by atoms with Crippen LogP contribution >= 0.6 is 0 Å². The molecule has 0 saturated carbocycles. The number of hydrogen-bond acceptors (Lipinski definition) is 3. The van der Waals surface area contributed by atoms with Crippen LogP contribution in [0.5, 0.6) is 0 Å². The zero-order valence-electron chi connectivity index (χ0n) is 14.0. The highest BCUT2D eigenvalue weighted by molar-refractivity contribution is 5.55. The average molecular weight is 290 g/mol. The maximum absolute atomic E-state index is 6.06. The molecule has 0 aliphatic carbocycles. The lowest BCUT2D eigenvalue weighted by atomic mass is 9.93. The van der Waals surface area contributed by atoms with Crippen LogP contribution in [0.25, 0.3) is 0 Å². The Hall–Kier alpha value is -1.06. The summed E-state index contributed by atoms with van der Waals surface area (Å²) in [7, 11) is 1.82. The molecule has 2 unspecified atom stereocenters. The van der Waals surface area contributed by atoms with E-state index in [1.807, 2.05) is 7.11 Å². The summed E-state index contributed by atoms with van der Waals surface area (Å²) in [4.78, 5) is 2.46. The summed E-state index contributed by atoms with van der Waals surface area (Å²) in [5, 5.41) is 0. The first kappa shape index (κ1) is 16.3. The second-order valence-electron chi connectivity index (χ2n) is 6.67. The Labute approximate surface area is 129 Å². The Kier molecular flexibility index (Phi) is 5.28. The van der Waals surface area contributed by atoms with E-state index in [0.717, 1.165) is 32.4 Å². The number of benzene rings is 1. The summed E-state index contributed by atoms with van der Waals surface area (Å²) in [6.45, 7) is 8.65. The summed E-state index contributed by atoms with van der Waals surface area (Å²) in [5.74, 6) is 0. The van der Waals surface area contributed by atoms with Gasteiger partial charge in [-0.15, -0.1) is 0 Å². The molecule has 0 aromatic heterocycles. The lowest BCUT2D eigenvalue weighted by Crippen LogP contribution is -2.47. The quantitative estimate of drug-likeness (QED) is 0.904. The van der Waals surface area contributed by atoms with Crippen LogP contribution in [-0.2, 0) is 11.2 Å². The standard InChI is InChI=1S/C18H30N2O/c1-5-16(19)12-15-7-8-17(14(2)11-15)20-10-6-9-18(3,13-20)21-4/h7-8,11,16H,5-6,9-10,12-13,19H2,1-4H3. The van der Waals surface area contributed by atoms with Gasteiger partial charge in [0.2, 0.25) is 0 Å². The number of ether oxygens (including phenoxy) is 1. The van der Waals surface area contributed by atoms with Crippen LogP contribution in [0.2, 0.25) is 0 Å². The molecule has 118 valence electrons. The molecule has 1 aliphatic rings. The van der Waals surface area contributed by atoms with E-state index in [9.17, 15) is 0 Å². The molecule has 0 spiro atoms. The first-order valence-corrected chi connectivity index (χ1v) is 8.12. The molecule has 2 rings (SSSR count). The van der Waals surface area contributed by atoms with Crippen molar-refractivity contribution >= 4 is 5.69 Å². The van der Waals surface area contributed by atoms with Gasteiger partial charge in [0.1, 0.15) is 0 Å². The van der Waals surface area contributed by atoms with Gasteiger partial charge in [0, 0.05) is 31.9 Å². The van der Waals surface area contributed by atoms with Gasteiger partial charge in [-0.25, -0.2) is 0 Å². The number of aryl methyl sites for hydroxylation is 1. The fraction of sp³-hybridized carbons (Fsp3) is 0.667.